The second kappa shape index (κ2) is 14.3. The van der Waals surface area contributed by atoms with Crippen LogP contribution in [0.5, 0.6) is 5.75 Å². The van der Waals surface area contributed by atoms with Crippen molar-refractivity contribution in [3.05, 3.63) is 46.5 Å². The van der Waals surface area contributed by atoms with Gasteiger partial charge in [0, 0.05) is 11.5 Å². The van der Waals surface area contributed by atoms with Crippen molar-refractivity contribution in [2.24, 2.45) is 11.5 Å². The molecule has 0 fully saturated rings. The normalized spacial score (nSPS) is 11.7. The third-order valence-corrected chi connectivity index (χ3v) is 5.38. The Balaban J connectivity index is 0.000000570. The summed E-state index contributed by atoms with van der Waals surface area (Å²) < 4.78 is 15.3. The highest BCUT2D eigenvalue weighted by atomic mass is 31.2. The Bertz CT molecular complexity index is 911. The number of phosphoric acid groups is 1. The van der Waals surface area contributed by atoms with Gasteiger partial charge in [-0.1, -0.05) is 32.0 Å². The van der Waals surface area contributed by atoms with Gasteiger partial charge in [-0.05, 0) is 25.0 Å². The summed E-state index contributed by atoms with van der Waals surface area (Å²) in [6.07, 6.45) is 1.19. The fourth-order valence-corrected chi connectivity index (χ4v) is 2.59. The van der Waals surface area contributed by atoms with Gasteiger partial charge in [0.15, 0.2) is 0 Å². The van der Waals surface area contributed by atoms with Crippen LogP contribution >= 0.6 is 7.82 Å². The van der Waals surface area contributed by atoms with Gasteiger partial charge in [-0.3, -0.25) is 19.9 Å². The van der Waals surface area contributed by atoms with E-state index in [0.29, 0.717) is 12.8 Å². The van der Waals surface area contributed by atoms with Gasteiger partial charge in [0.2, 0.25) is 0 Å². The Labute approximate surface area is 197 Å². The molecule has 0 saturated heterocycles. The van der Waals surface area contributed by atoms with Crippen molar-refractivity contribution < 1.29 is 44.2 Å². The molecule has 0 aromatic heterocycles. The van der Waals surface area contributed by atoms with Gasteiger partial charge in [0.1, 0.15) is 5.75 Å². The van der Waals surface area contributed by atoms with Crippen molar-refractivity contribution >= 4 is 24.3 Å². The van der Waals surface area contributed by atoms with Crippen LogP contribution in [0.25, 0.3) is 10.8 Å². The summed E-state index contributed by atoms with van der Waals surface area (Å²) in [4.78, 5) is 27.8. The van der Waals surface area contributed by atoms with E-state index in [0.717, 1.165) is 6.07 Å². The molecule has 0 aliphatic carbocycles. The molecular weight excluding hydrogens is 473 g/mol. The summed E-state index contributed by atoms with van der Waals surface area (Å²) in [5.74, 6) is -0.0930. The molecule has 194 valence electrons. The van der Waals surface area contributed by atoms with Crippen LogP contribution in [0.3, 0.4) is 0 Å². The molecule has 0 unspecified atom stereocenters. The van der Waals surface area contributed by atoms with Crippen molar-refractivity contribution in [1.82, 2.24) is 0 Å². The molecule has 0 spiro atoms. The van der Waals surface area contributed by atoms with Crippen LogP contribution in [0.4, 0.5) is 5.69 Å². The van der Waals surface area contributed by atoms with Crippen LogP contribution < -0.4 is 16.0 Å². The Morgan fingerprint density at radius 3 is 1.59 bits per heavy atom. The molecule has 0 atom stereocenters. The van der Waals surface area contributed by atoms with E-state index in [4.69, 9.17) is 41.7 Å². The molecule has 0 radical (unpaired) electrons. The van der Waals surface area contributed by atoms with E-state index >= 15 is 0 Å². The standard InChI is InChI=1S/C10H8NO6P.2C5H13NO2/c12-11(13)9-5-6-10(17-18(14,15)16)8-4-2-1-3-7(8)9;2*1-2-5(6,3-7)4-8/h1-6H,(H2,14,15,16);2*7-8H,2-4,6H2,1H3. The lowest BCUT2D eigenvalue weighted by Gasteiger charge is -2.21. The molecule has 0 heterocycles. The summed E-state index contributed by atoms with van der Waals surface area (Å²) in [7, 11) is -4.70. The number of nitro benzene ring substituents is 1. The van der Waals surface area contributed by atoms with E-state index in [2.05, 4.69) is 4.52 Å². The average molecular weight is 507 g/mol. The van der Waals surface area contributed by atoms with Crippen molar-refractivity contribution in [1.29, 1.82) is 0 Å². The fourth-order valence-electron chi connectivity index (χ4n) is 2.17. The predicted octanol–water partition coefficient (Wildman–Crippen LogP) is 0.377. The van der Waals surface area contributed by atoms with Gasteiger partial charge in [0.05, 0.1) is 47.8 Å². The number of rotatable bonds is 9. The van der Waals surface area contributed by atoms with Gasteiger partial charge in [-0.2, -0.15) is 0 Å². The Morgan fingerprint density at radius 1 is 0.882 bits per heavy atom. The average Bonchev–Trinajstić information content (AvgIpc) is 2.83. The molecule has 2 aromatic carbocycles. The number of phosphoric ester groups is 1. The molecular formula is C20H34N3O10P. The van der Waals surface area contributed by atoms with E-state index in [-0.39, 0.29) is 48.6 Å². The first kappa shape index (κ1) is 31.8. The highest BCUT2D eigenvalue weighted by molar-refractivity contribution is 7.46. The number of aliphatic hydroxyl groups is 4. The number of aliphatic hydroxyl groups excluding tert-OH is 4. The van der Waals surface area contributed by atoms with Gasteiger partial charge in [-0.15, -0.1) is 0 Å². The molecule has 0 aliphatic rings. The summed E-state index contributed by atoms with van der Waals surface area (Å²) in [5.41, 5.74) is 9.11. The summed E-state index contributed by atoms with van der Waals surface area (Å²) in [6.45, 7) is 3.04. The van der Waals surface area contributed by atoms with Crippen LogP contribution in [0.1, 0.15) is 26.7 Å². The van der Waals surface area contributed by atoms with E-state index < -0.39 is 23.8 Å². The zero-order chi connectivity index (χ0) is 26.6. The Morgan fingerprint density at radius 2 is 1.29 bits per heavy atom. The monoisotopic (exact) mass is 507 g/mol. The number of nitrogens with zero attached hydrogens (tertiary/aromatic N) is 1. The van der Waals surface area contributed by atoms with Gasteiger partial charge in [-0.25, -0.2) is 4.57 Å². The maximum atomic E-state index is 10.8. The Hall–Kier alpha value is -2.19. The van der Waals surface area contributed by atoms with E-state index in [1.165, 1.54) is 18.2 Å². The zero-order valence-corrected chi connectivity index (χ0v) is 20.0. The van der Waals surface area contributed by atoms with Crippen molar-refractivity contribution in [3.8, 4) is 5.75 Å². The number of non-ortho nitro benzene ring substituents is 1. The lowest BCUT2D eigenvalue weighted by molar-refractivity contribution is -0.383. The molecule has 0 amide bonds. The summed E-state index contributed by atoms with van der Waals surface area (Å²) in [6, 6.07) is 8.48. The molecule has 0 saturated carbocycles. The molecule has 0 bridgehead atoms. The number of hydrogen-bond donors (Lipinski definition) is 8. The van der Waals surface area contributed by atoms with Gasteiger partial charge < -0.3 is 36.4 Å². The van der Waals surface area contributed by atoms with E-state index in [1.807, 2.05) is 13.8 Å². The molecule has 0 aliphatic heterocycles. The SMILES string of the molecule is CCC(N)(CO)CO.CCC(N)(CO)CO.O=[N+]([O-])c1ccc(OP(=O)(O)O)c2ccccc12. The number of nitro groups is 1. The smallest absolute Gasteiger partial charge is 0.404 e. The van der Waals surface area contributed by atoms with Crippen LogP contribution in [-0.4, -0.2) is 72.6 Å². The van der Waals surface area contributed by atoms with Gasteiger partial charge >= 0.3 is 7.82 Å². The van der Waals surface area contributed by atoms with Gasteiger partial charge in [0.25, 0.3) is 5.69 Å². The largest absolute Gasteiger partial charge is 0.524 e. The lowest BCUT2D eigenvalue weighted by atomic mass is 10.0. The Kier molecular flexibility index (Phi) is 13.3. The summed E-state index contributed by atoms with van der Waals surface area (Å²) >= 11 is 0. The quantitative estimate of drug-likeness (QED) is 0.130. The third kappa shape index (κ3) is 10.4. The summed E-state index contributed by atoms with van der Waals surface area (Å²) in [5, 5.41) is 45.4. The van der Waals surface area contributed by atoms with Crippen molar-refractivity contribution in [2.45, 2.75) is 37.8 Å². The minimum Gasteiger partial charge on any atom is -0.404 e. The van der Waals surface area contributed by atoms with E-state index in [1.54, 1.807) is 12.1 Å². The number of benzene rings is 2. The van der Waals surface area contributed by atoms with Crippen LogP contribution in [0.2, 0.25) is 0 Å². The number of hydrogen-bond acceptors (Lipinski definition) is 10. The highest BCUT2D eigenvalue weighted by Gasteiger charge is 2.21. The predicted molar refractivity (Wildman–Crippen MR) is 126 cm³/mol. The molecule has 2 rings (SSSR count). The second-order valence-corrected chi connectivity index (χ2v) is 8.70. The fraction of sp³-hybridized carbons (Fsp3) is 0.500. The first-order valence-corrected chi connectivity index (χ1v) is 11.7. The van der Waals surface area contributed by atoms with Crippen molar-refractivity contribution in [2.75, 3.05) is 26.4 Å². The van der Waals surface area contributed by atoms with Crippen LogP contribution in [-0.2, 0) is 4.57 Å². The minimum absolute atomic E-state index is 0.0930. The lowest BCUT2D eigenvalue weighted by Crippen LogP contribution is -2.46. The minimum atomic E-state index is -4.70. The highest BCUT2D eigenvalue weighted by Crippen LogP contribution is 2.42. The van der Waals surface area contributed by atoms with Crippen molar-refractivity contribution in [3.63, 3.8) is 0 Å². The maximum absolute atomic E-state index is 10.8. The first-order valence-electron chi connectivity index (χ1n) is 10.2. The maximum Gasteiger partial charge on any atom is 0.524 e. The van der Waals surface area contributed by atoms with E-state index in [9.17, 15) is 14.7 Å². The second-order valence-electron chi connectivity index (χ2n) is 7.53. The molecule has 13 nitrogen and oxygen atoms in total. The number of fused-ring (bicyclic) bond motifs is 1. The first-order chi connectivity index (χ1) is 15.7. The molecule has 10 N–H and O–H groups in total. The molecule has 34 heavy (non-hydrogen) atoms. The molecule has 14 heteroatoms. The van der Waals surface area contributed by atoms with Crippen LogP contribution in [0.15, 0.2) is 36.4 Å². The third-order valence-electron chi connectivity index (χ3n) is 4.94. The number of nitrogens with two attached hydrogens (primary N) is 2. The van der Waals surface area contributed by atoms with Crippen LogP contribution in [0, 0.1) is 10.1 Å². The topological polar surface area (TPSA) is 243 Å². The molecule has 2 aromatic rings. The zero-order valence-electron chi connectivity index (χ0n) is 19.1.